The maximum atomic E-state index is 12.2. The lowest BCUT2D eigenvalue weighted by Crippen LogP contribution is -2.47. The summed E-state index contributed by atoms with van der Waals surface area (Å²) in [6.45, 7) is 11.9. The number of benzene rings is 1. The predicted molar refractivity (Wildman–Crippen MR) is 115 cm³/mol. The molecular weight excluding hydrogens is 348 g/mol. The zero-order valence-electron chi connectivity index (χ0n) is 18.1. The SMILES string of the molecule is CC(C)/C(=C\c1ccccc1)[C@@H]1C[C@H]1NC1CCN(C(=O)OC(C)(C)C)CC1. The van der Waals surface area contributed by atoms with Crippen LogP contribution in [0.1, 0.15) is 59.4 Å². The summed E-state index contributed by atoms with van der Waals surface area (Å²) in [6.07, 6.45) is 5.43. The molecule has 154 valence electrons. The van der Waals surface area contributed by atoms with Gasteiger partial charge in [-0.1, -0.05) is 55.8 Å². The van der Waals surface area contributed by atoms with E-state index in [1.165, 1.54) is 12.0 Å². The van der Waals surface area contributed by atoms with Crippen LogP contribution in [0.25, 0.3) is 6.08 Å². The Bertz CT molecular complexity index is 682. The van der Waals surface area contributed by atoms with E-state index in [2.05, 4.69) is 55.6 Å². The first kappa shape index (κ1) is 20.9. The third-order valence-corrected chi connectivity index (χ3v) is 5.61. The highest BCUT2D eigenvalue weighted by Crippen LogP contribution is 2.42. The van der Waals surface area contributed by atoms with Crippen molar-refractivity contribution >= 4 is 12.2 Å². The second-order valence-electron chi connectivity index (χ2n) is 9.57. The average Bonchev–Trinajstić information content (AvgIpc) is 3.38. The Morgan fingerprint density at radius 2 is 1.82 bits per heavy atom. The molecule has 2 atom stereocenters. The van der Waals surface area contributed by atoms with E-state index in [1.54, 1.807) is 5.57 Å². The number of hydrogen-bond donors (Lipinski definition) is 1. The summed E-state index contributed by atoms with van der Waals surface area (Å²) in [7, 11) is 0. The minimum atomic E-state index is -0.425. The van der Waals surface area contributed by atoms with Crippen LogP contribution in [0.5, 0.6) is 0 Å². The van der Waals surface area contributed by atoms with Gasteiger partial charge in [0.25, 0.3) is 0 Å². The van der Waals surface area contributed by atoms with Gasteiger partial charge in [-0.25, -0.2) is 4.79 Å². The van der Waals surface area contributed by atoms with E-state index < -0.39 is 5.60 Å². The van der Waals surface area contributed by atoms with Crippen molar-refractivity contribution in [2.45, 2.75) is 71.6 Å². The number of nitrogens with zero attached hydrogens (tertiary/aromatic N) is 1. The monoisotopic (exact) mass is 384 g/mol. The van der Waals surface area contributed by atoms with Gasteiger partial charge in [-0.15, -0.1) is 0 Å². The van der Waals surface area contributed by atoms with Gasteiger partial charge in [0.1, 0.15) is 5.60 Å². The fourth-order valence-corrected chi connectivity index (χ4v) is 4.05. The van der Waals surface area contributed by atoms with Crippen LogP contribution in [0.4, 0.5) is 4.79 Å². The van der Waals surface area contributed by atoms with Crippen molar-refractivity contribution in [2.24, 2.45) is 11.8 Å². The van der Waals surface area contributed by atoms with Crippen molar-refractivity contribution in [3.8, 4) is 0 Å². The van der Waals surface area contributed by atoms with Gasteiger partial charge in [-0.2, -0.15) is 0 Å². The van der Waals surface area contributed by atoms with E-state index in [0.717, 1.165) is 25.9 Å². The van der Waals surface area contributed by atoms with Crippen LogP contribution in [-0.2, 0) is 4.74 Å². The van der Waals surface area contributed by atoms with Gasteiger partial charge in [-0.05, 0) is 57.4 Å². The minimum Gasteiger partial charge on any atom is -0.444 e. The van der Waals surface area contributed by atoms with Crippen molar-refractivity contribution in [1.29, 1.82) is 0 Å². The van der Waals surface area contributed by atoms with Gasteiger partial charge >= 0.3 is 6.09 Å². The van der Waals surface area contributed by atoms with E-state index >= 15 is 0 Å². The third kappa shape index (κ3) is 5.84. The molecule has 4 heteroatoms. The quantitative estimate of drug-likeness (QED) is 0.767. The molecule has 0 radical (unpaired) electrons. The molecule has 1 N–H and O–H groups in total. The van der Waals surface area contributed by atoms with E-state index in [4.69, 9.17) is 4.74 Å². The van der Waals surface area contributed by atoms with Crippen LogP contribution in [-0.4, -0.2) is 41.8 Å². The summed E-state index contributed by atoms with van der Waals surface area (Å²) in [5.41, 5.74) is 2.42. The summed E-state index contributed by atoms with van der Waals surface area (Å²) >= 11 is 0. The Hall–Kier alpha value is -1.81. The number of piperidine rings is 1. The molecule has 1 aromatic rings. The van der Waals surface area contributed by atoms with Crippen molar-refractivity contribution in [3.63, 3.8) is 0 Å². The molecule has 0 unspecified atom stereocenters. The number of likely N-dealkylation sites (tertiary alicyclic amines) is 1. The van der Waals surface area contributed by atoms with Crippen LogP contribution < -0.4 is 5.32 Å². The molecular formula is C24H36N2O2. The predicted octanol–water partition coefficient (Wildman–Crippen LogP) is 5.10. The van der Waals surface area contributed by atoms with Crippen LogP contribution in [0.2, 0.25) is 0 Å². The Labute approximate surface area is 170 Å². The Morgan fingerprint density at radius 3 is 2.39 bits per heavy atom. The standard InChI is InChI=1S/C24H36N2O2/c1-17(2)20(15-18-9-7-6-8-10-18)21-16-22(21)25-19-11-13-26(14-12-19)23(27)28-24(3,4)5/h6-10,15,17,19,21-22,25H,11-14,16H2,1-5H3/b20-15+/t21-,22+/m0/s1. The molecule has 1 amide bonds. The summed E-state index contributed by atoms with van der Waals surface area (Å²) in [4.78, 5) is 14.1. The lowest BCUT2D eigenvalue weighted by atomic mass is 9.95. The molecule has 28 heavy (non-hydrogen) atoms. The van der Waals surface area contributed by atoms with E-state index in [9.17, 15) is 4.79 Å². The molecule has 4 nitrogen and oxygen atoms in total. The van der Waals surface area contributed by atoms with Crippen molar-refractivity contribution in [3.05, 3.63) is 41.5 Å². The minimum absolute atomic E-state index is 0.178. The number of carbonyl (C=O) groups is 1. The zero-order chi connectivity index (χ0) is 20.3. The first-order valence-corrected chi connectivity index (χ1v) is 10.7. The topological polar surface area (TPSA) is 41.6 Å². The van der Waals surface area contributed by atoms with Crippen LogP contribution >= 0.6 is 0 Å². The van der Waals surface area contributed by atoms with Gasteiger partial charge in [0.15, 0.2) is 0 Å². The molecule has 0 aromatic heterocycles. The number of nitrogens with one attached hydrogen (secondary N) is 1. The maximum absolute atomic E-state index is 12.2. The molecule has 0 bridgehead atoms. The zero-order valence-corrected chi connectivity index (χ0v) is 18.1. The highest BCUT2D eigenvalue weighted by molar-refractivity contribution is 5.68. The van der Waals surface area contributed by atoms with Gasteiger partial charge in [0, 0.05) is 25.2 Å². The van der Waals surface area contributed by atoms with Crippen LogP contribution in [0.3, 0.4) is 0 Å². The molecule has 1 saturated heterocycles. The summed E-state index contributed by atoms with van der Waals surface area (Å²) < 4.78 is 5.50. The van der Waals surface area contributed by atoms with Crippen molar-refractivity contribution < 1.29 is 9.53 Å². The van der Waals surface area contributed by atoms with Crippen molar-refractivity contribution in [1.82, 2.24) is 10.2 Å². The fraction of sp³-hybridized carbons (Fsp3) is 0.625. The molecule has 2 fully saturated rings. The number of ether oxygens (including phenoxy) is 1. The summed E-state index contributed by atoms with van der Waals surface area (Å²) in [5, 5.41) is 3.85. The Kier molecular flexibility index (Phi) is 6.49. The van der Waals surface area contributed by atoms with E-state index in [1.807, 2.05) is 25.7 Å². The van der Waals surface area contributed by atoms with Gasteiger partial charge in [0.05, 0.1) is 0 Å². The molecule has 3 rings (SSSR count). The second-order valence-corrected chi connectivity index (χ2v) is 9.57. The lowest BCUT2D eigenvalue weighted by Gasteiger charge is -2.34. The van der Waals surface area contributed by atoms with E-state index in [-0.39, 0.29) is 6.09 Å². The number of rotatable bonds is 5. The van der Waals surface area contributed by atoms with Crippen LogP contribution in [0.15, 0.2) is 35.9 Å². The molecule has 1 saturated carbocycles. The molecule has 1 aromatic carbocycles. The van der Waals surface area contributed by atoms with Gasteiger partial charge < -0.3 is 15.0 Å². The highest BCUT2D eigenvalue weighted by Gasteiger charge is 2.42. The van der Waals surface area contributed by atoms with Crippen LogP contribution in [0, 0.1) is 11.8 Å². The highest BCUT2D eigenvalue weighted by atomic mass is 16.6. The first-order valence-electron chi connectivity index (χ1n) is 10.7. The van der Waals surface area contributed by atoms with Gasteiger partial charge in [-0.3, -0.25) is 0 Å². The third-order valence-electron chi connectivity index (χ3n) is 5.61. The summed E-state index contributed by atoms with van der Waals surface area (Å²) in [6, 6.07) is 11.7. The first-order chi connectivity index (χ1) is 13.2. The molecule has 0 spiro atoms. The Morgan fingerprint density at radius 1 is 1.18 bits per heavy atom. The number of hydrogen-bond acceptors (Lipinski definition) is 3. The molecule has 2 aliphatic rings. The molecule has 1 aliphatic heterocycles. The normalized spacial score (nSPS) is 23.8. The number of carbonyl (C=O) groups excluding carboxylic acids is 1. The second kappa shape index (κ2) is 8.69. The van der Waals surface area contributed by atoms with Gasteiger partial charge in [0.2, 0.25) is 0 Å². The Balaban J connectivity index is 1.49. The molecule has 1 heterocycles. The maximum Gasteiger partial charge on any atom is 0.410 e. The molecule has 1 aliphatic carbocycles. The lowest BCUT2D eigenvalue weighted by molar-refractivity contribution is 0.0198. The average molecular weight is 385 g/mol. The fourth-order valence-electron chi connectivity index (χ4n) is 4.05. The largest absolute Gasteiger partial charge is 0.444 e. The van der Waals surface area contributed by atoms with Crippen molar-refractivity contribution in [2.75, 3.05) is 13.1 Å². The smallest absolute Gasteiger partial charge is 0.410 e. The number of amides is 1. The van der Waals surface area contributed by atoms with E-state index in [0.29, 0.717) is 23.9 Å². The summed E-state index contributed by atoms with van der Waals surface area (Å²) in [5.74, 6) is 1.20.